The highest BCUT2D eigenvalue weighted by Gasteiger charge is 2.13. The first-order valence-corrected chi connectivity index (χ1v) is 5.97. The van der Waals surface area contributed by atoms with Crippen LogP contribution in [0.3, 0.4) is 0 Å². The van der Waals surface area contributed by atoms with Crippen LogP contribution in [0, 0.1) is 5.82 Å². The number of phenols is 1. The largest absolute Gasteiger partial charge is 0.507 e. The van der Waals surface area contributed by atoms with E-state index >= 15 is 0 Å². The molecule has 2 aromatic rings. The van der Waals surface area contributed by atoms with Gasteiger partial charge in [0.2, 0.25) is 0 Å². The van der Waals surface area contributed by atoms with E-state index in [0.29, 0.717) is 5.56 Å². The SMILES string of the molecule is CC(C)(C)c1ccc(-c2ccc(F)cc2O)cc1. The molecule has 0 atom stereocenters. The normalized spacial score (nSPS) is 11.6. The Morgan fingerprint density at radius 1 is 0.944 bits per heavy atom. The molecule has 0 amide bonds. The molecule has 2 heteroatoms. The Kier molecular flexibility index (Phi) is 3.12. The molecule has 0 radical (unpaired) electrons. The van der Waals surface area contributed by atoms with Gasteiger partial charge in [-0.25, -0.2) is 4.39 Å². The first kappa shape index (κ1) is 12.6. The molecule has 0 bridgehead atoms. The number of phenolic OH excluding ortho intramolecular Hbond substituents is 1. The van der Waals surface area contributed by atoms with Gasteiger partial charge in [-0.15, -0.1) is 0 Å². The maximum atomic E-state index is 12.9. The van der Waals surface area contributed by atoms with Gasteiger partial charge >= 0.3 is 0 Å². The molecule has 0 aliphatic rings. The predicted octanol–water partition coefficient (Wildman–Crippen LogP) is 4.50. The number of rotatable bonds is 1. The third-order valence-electron chi connectivity index (χ3n) is 3.02. The van der Waals surface area contributed by atoms with Crippen molar-refractivity contribution < 1.29 is 9.50 Å². The van der Waals surface area contributed by atoms with Crippen LogP contribution in [0.5, 0.6) is 5.75 Å². The van der Waals surface area contributed by atoms with Crippen LogP contribution in [-0.4, -0.2) is 5.11 Å². The summed E-state index contributed by atoms with van der Waals surface area (Å²) in [4.78, 5) is 0. The van der Waals surface area contributed by atoms with E-state index in [1.807, 2.05) is 24.3 Å². The molecule has 0 aliphatic heterocycles. The van der Waals surface area contributed by atoms with Crippen molar-refractivity contribution in [3.05, 3.63) is 53.8 Å². The average Bonchev–Trinajstić information content (AvgIpc) is 2.28. The van der Waals surface area contributed by atoms with Gasteiger partial charge in [0, 0.05) is 11.6 Å². The lowest BCUT2D eigenvalue weighted by Gasteiger charge is -2.19. The summed E-state index contributed by atoms with van der Waals surface area (Å²) in [7, 11) is 0. The molecule has 0 heterocycles. The summed E-state index contributed by atoms with van der Waals surface area (Å²) in [5.41, 5.74) is 2.87. The Morgan fingerprint density at radius 2 is 1.56 bits per heavy atom. The lowest BCUT2D eigenvalue weighted by Crippen LogP contribution is -2.10. The second kappa shape index (κ2) is 4.45. The van der Waals surface area contributed by atoms with E-state index in [9.17, 15) is 9.50 Å². The molecule has 2 aromatic carbocycles. The number of hydrogen-bond acceptors (Lipinski definition) is 1. The van der Waals surface area contributed by atoms with Gasteiger partial charge in [0.05, 0.1) is 0 Å². The standard InChI is InChI=1S/C16H17FO/c1-16(2,3)12-6-4-11(5-7-12)14-9-8-13(17)10-15(14)18/h4-10,18H,1-3H3. The van der Waals surface area contributed by atoms with Crippen molar-refractivity contribution in [2.75, 3.05) is 0 Å². The van der Waals surface area contributed by atoms with E-state index < -0.39 is 5.82 Å². The summed E-state index contributed by atoms with van der Waals surface area (Å²) < 4.78 is 12.9. The number of hydrogen-bond donors (Lipinski definition) is 1. The first-order chi connectivity index (χ1) is 8.38. The molecule has 18 heavy (non-hydrogen) atoms. The molecule has 0 saturated heterocycles. The summed E-state index contributed by atoms with van der Waals surface area (Å²) in [6.45, 7) is 6.45. The molecule has 0 unspecified atom stereocenters. The lowest BCUT2D eigenvalue weighted by molar-refractivity contribution is 0.471. The molecular formula is C16H17FO. The molecule has 0 spiro atoms. The van der Waals surface area contributed by atoms with Crippen molar-refractivity contribution in [3.63, 3.8) is 0 Å². The van der Waals surface area contributed by atoms with E-state index in [1.54, 1.807) is 6.07 Å². The second-order valence-electron chi connectivity index (χ2n) is 5.49. The van der Waals surface area contributed by atoms with Gasteiger partial charge in [-0.1, -0.05) is 45.0 Å². The molecule has 94 valence electrons. The highest BCUT2D eigenvalue weighted by Crippen LogP contribution is 2.31. The summed E-state index contributed by atoms with van der Waals surface area (Å²) in [5.74, 6) is -0.457. The van der Waals surface area contributed by atoms with Gasteiger partial charge < -0.3 is 5.11 Å². The van der Waals surface area contributed by atoms with Gasteiger partial charge in [0.1, 0.15) is 11.6 Å². The highest BCUT2D eigenvalue weighted by atomic mass is 19.1. The van der Waals surface area contributed by atoms with Crippen molar-refractivity contribution >= 4 is 0 Å². The Hall–Kier alpha value is -1.83. The Bertz CT molecular complexity index is 550. The summed E-state index contributed by atoms with van der Waals surface area (Å²) in [5, 5.41) is 9.73. The second-order valence-corrected chi connectivity index (χ2v) is 5.49. The monoisotopic (exact) mass is 244 g/mol. The van der Waals surface area contributed by atoms with E-state index in [-0.39, 0.29) is 11.2 Å². The predicted molar refractivity (Wildman–Crippen MR) is 72.2 cm³/mol. The smallest absolute Gasteiger partial charge is 0.126 e. The summed E-state index contributed by atoms with van der Waals surface area (Å²) >= 11 is 0. The topological polar surface area (TPSA) is 20.2 Å². The van der Waals surface area contributed by atoms with Gasteiger partial charge in [-0.05, 0) is 28.7 Å². The van der Waals surface area contributed by atoms with Crippen LogP contribution in [0.4, 0.5) is 4.39 Å². The van der Waals surface area contributed by atoms with Crippen molar-refractivity contribution in [2.45, 2.75) is 26.2 Å². The van der Waals surface area contributed by atoms with Gasteiger partial charge in [0.25, 0.3) is 0 Å². The zero-order valence-corrected chi connectivity index (χ0v) is 10.9. The van der Waals surface area contributed by atoms with Crippen molar-refractivity contribution in [1.29, 1.82) is 0 Å². The molecule has 0 fully saturated rings. The fourth-order valence-electron chi connectivity index (χ4n) is 1.90. The Morgan fingerprint density at radius 3 is 2.06 bits per heavy atom. The first-order valence-electron chi connectivity index (χ1n) is 5.97. The minimum atomic E-state index is -0.428. The van der Waals surface area contributed by atoms with E-state index in [2.05, 4.69) is 20.8 Å². The number of halogens is 1. The number of benzene rings is 2. The molecule has 0 aromatic heterocycles. The minimum Gasteiger partial charge on any atom is -0.507 e. The third-order valence-corrected chi connectivity index (χ3v) is 3.02. The van der Waals surface area contributed by atoms with Crippen molar-refractivity contribution in [2.24, 2.45) is 0 Å². The number of aromatic hydroxyl groups is 1. The van der Waals surface area contributed by atoms with Crippen LogP contribution in [0.15, 0.2) is 42.5 Å². The van der Waals surface area contributed by atoms with E-state index in [0.717, 1.165) is 11.6 Å². The van der Waals surface area contributed by atoms with Gasteiger partial charge in [-0.3, -0.25) is 0 Å². The Labute approximate surface area is 107 Å². The molecule has 1 N–H and O–H groups in total. The average molecular weight is 244 g/mol. The quantitative estimate of drug-likeness (QED) is 0.783. The molecule has 1 nitrogen and oxygen atoms in total. The van der Waals surface area contributed by atoms with Crippen LogP contribution >= 0.6 is 0 Å². The maximum Gasteiger partial charge on any atom is 0.126 e. The molecule has 0 aliphatic carbocycles. The molecule has 2 rings (SSSR count). The van der Waals surface area contributed by atoms with E-state index in [4.69, 9.17) is 0 Å². The van der Waals surface area contributed by atoms with Crippen LogP contribution in [-0.2, 0) is 5.41 Å². The Balaban J connectivity index is 2.41. The minimum absolute atomic E-state index is 0.0292. The fraction of sp³-hybridized carbons (Fsp3) is 0.250. The van der Waals surface area contributed by atoms with Gasteiger partial charge in [0.15, 0.2) is 0 Å². The third kappa shape index (κ3) is 2.53. The fourth-order valence-corrected chi connectivity index (χ4v) is 1.90. The van der Waals surface area contributed by atoms with Crippen LogP contribution in [0.1, 0.15) is 26.3 Å². The molecular weight excluding hydrogens is 227 g/mol. The van der Waals surface area contributed by atoms with Crippen LogP contribution in [0.2, 0.25) is 0 Å². The van der Waals surface area contributed by atoms with Crippen LogP contribution < -0.4 is 0 Å². The van der Waals surface area contributed by atoms with E-state index in [1.165, 1.54) is 11.6 Å². The zero-order chi connectivity index (χ0) is 13.3. The van der Waals surface area contributed by atoms with Crippen molar-refractivity contribution in [1.82, 2.24) is 0 Å². The zero-order valence-electron chi connectivity index (χ0n) is 10.9. The van der Waals surface area contributed by atoms with Crippen LogP contribution in [0.25, 0.3) is 11.1 Å². The van der Waals surface area contributed by atoms with Crippen molar-refractivity contribution in [3.8, 4) is 16.9 Å². The lowest BCUT2D eigenvalue weighted by atomic mass is 9.86. The maximum absolute atomic E-state index is 12.9. The molecule has 0 saturated carbocycles. The summed E-state index contributed by atoms with van der Waals surface area (Å²) in [6.07, 6.45) is 0. The summed E-state index contributed by atoms with van der Waals surface area (Å²) in [6, 6.07) is 12.1. The van der Waals surface area contributed by atoms with Gasteiger partial charge in [-0.2, -0.15) is 0 Å². The highest BCUT2D eigenvalue weighted by molar-refractivity contribution is 5.70.